The van der Waals surface area contributed by atoms with Gasteiger partial charge in [-0.1, -0.05) is 42.5 Å². The third kappa shape index (κ3) is 13.1. The third-order valence-electron chi connectivity index (χ3n) is 7.18. The number of benzene rings is 1. The summed E-state index contributed by atoms with van der Waals surface area (Å²) in [6, 6.07) is 9.89. The molecule has 1 amide bonds. The van der Waals surface area contributed by atoms with Crippen molar-refractivity contribution in [2.24, 2.45) is 11.8 Å². The number of nitrogens with zero attached hydrogens (tertiary/aromatic N) is 1. The van der Waals surface area contributed by atoms with Gasteiger partial charge in [0.1, 0.15) is 6.10 Å². The lowest BCUT2D eigenvalue weighted by Gasteiger charge is -2.25. The molecule has 1 aromatic carbocycles. The van der Waals surface area contributed by atoms with Crippen LogP contribution < -0.4 is 5.32 Å². The molecule has 0 saturated heterocycles. The molecule has 0 aromatic heterocycles. The molecular weight excluding hydrogens is 504 g/mol. The van der Waals surface area contributed by atoms with Gasteiger partial charge in [-0.2, -0.15) is 0 Å². The molecule has 0 radical (unpaired) electrons. The highest BCUT2D eigenvalue weighted by molar-refractivity contribution is 5.75. The zero-order valence-corrected chi connectivity index (χ0v) is 22.9. The molecule has 10 nitrogen and oxygen atoms in total. The summed E-state index contributed by atoms with van der Waals surface area (Å²) in [6.07, 6.45) is 8.13. The fourth-order valence-corrected chi connectivity index (χ4v) is 5.16. The van der Waals surface area contributed by atoms with E-state index in [1.807, 2.05) is 49.4 Å². The predicted octanol–water partition coefficient (Wildman–Crippen LogP) is 3.91. The molecule has 0 bridgehead atoms. The average molecular weight is 549 g/mol. The predicted molar refractivity (Wildman–Crippen MR) is 146 cm³/mol. The molecule has 1 aliphatic carbocycles. The van der Waals surface area contributed by atoms with Crippen LogP contribution in [0.3, 0.4) is 0 Å². The molecule has 1 aromatic rings. The van der Waals surface area contributed by atoms with Crippen molar-refractivity contribution in [3.05, 3.63) is 58.2 Å². The first-order chi connectivity index (χ1) is 18.8. The molecule has 1 fully saturated rings. The lowest BCUT2D eigenvalue weighted by Crippen LogP contribution is -2.25. The summed E-state index contributed by atoms with van der Waals surface area (Å²) in [7, 11) is 0. The summed E-state index contributed by atoms with van der Waals surface area (Å²) < 4.78 is 5.74. The Morgan fingerprint density at radius 3 is 2.56 bits per heavy atom. The van der Waals surface area contributed by atoms with Gasteiger partial charge in [0.05, 0.1) is 18.8 Å². The second-order valence-corrected chi connectivity index (χ2v) is 10.1. The van der Waals surface area contributed by atoms with Crippen molar-refractivity contribution in [2.75, 3.05) is 13.2 Å². The van der Waals surface area contributed by atoms with Crippen LogP contribution in [0.4, 0.5) is 0 Å². The van der Waals surface area contributed by atoms with Crippen LogP contribution in [0.15, 0.2) is 42.5 Å². The van der Waals surface area contributed by atoms with Crippen molar-refractivity contribution in [1.29, 1.82) is 0 Å². The second kappa shape index (κ2) is 18.3. The van der Waals surface area contributed by atoms with Gasteiger partial charge < -0.3 is 25.1 Å². The largest absolute Gasteiger partial charge is 0.462 e. The van der Waals surface area contributed by atoms with Crippen molar-refractivity contribution in [2.45, 2.75) is 95.9 Å². The maximum absolute atomic E-state index is 12.4. The second-order valence-electron chi connectivity index (χ2n) is 10.1. The number of carbonyl (C=O) groups excluding carboxylic acids is 2. The third-order valence-corrected chi connectivity index (χ3v) is 7.18. The Bertz CT molecular complexity index is 895. The first-order valence-electron chi connectivity index (χ1n) is 14.1. The van der Waals surface area contributed by atoms with E-state index in [1.165, 1.54) is 0 Å². The summed E-state index contributed by atoms with van der Waals surface area (Å²) in [4.78, 5) is 38.5. The minimum atomic E-state index is -0.882. The van der Waals surface area contributed by atoms with Crippen LogP contribution >= 0.6 is 0 Å². The van der Waals surface area contributed by atoms with Crippen LogP contribution in [0, 0.1) is 22.0 Å². The number of esters is 1. The average Bonchev–Trinajstić information content (AvgIpc) is 3.17. The number of unbranched alkanes of at least 4 members (excludes halogenated alkanes) is 1. The van der Waals surface area contributed by atoms with Gasteiger partial charge in [0.15, 0.2) is 0 Å². The summed E-state index contributed by atoms with van der Waals surface area (Å²) in [5.74, 6) is -0.595. The highest BCUT2D eigenvalue weighted by Gasteiger charge is 2.40. The summed E-state index contributed by atoms with van der Waals surface area (Å²) >= 11 is 0. The quantitative estimate of drug-likeness (QED) is 0.0775. The van der Waals surface area contributed by atoms with Gasteiger partial charge in [-0.15, -0.1) is 10.1 Å². The van der Waals surface area contributed by atoms with Gasteiger partial charge in [-0.05, 0) is 82.1 Å². The van der Waals surface area contributed by atoms with Crippen LogP contribution in [0.1, 0.15) is 76.7 Å². The van der Waals surface area contributed by atoms with E-state index in [1.54, 1.807) is 0 Å². The van der Waals surface area contributed by atoms with E-state index in [-0.39, 0.29) is 43.3 Å². The molecule has 0 unspecified atom stereocenters. The van der Waals surface area contributed by atoms with E-state index < -0.39 is 23.3 Å². The Morgan fingerprint density at radius 1 is 1.10 bits per heavy atom. The van der Waals surface area contributed by atoms with E-state index in [0.29, 0.717) is 45.1 Å². The molecule has 3 N–H and O–H groups in total. The monoisotopic (exact) mass is 548 g/mol. The van der Waals surface area contributed by atoms with Crippen molar-refractivity contribution in [3.63, 3.8) is 0 Å². The van der Waals surface area contributed by atoms with Gasteiger partial charge in [-0.25, -0.2) is 0 Å². The number of aliphatic hydroxyl groups is 2. The SMILES string of the molecule is CCNC(=O)CCC/C=C\C[C@@H]1[C@@H](CC[C@H](CCc2ccccc2)OC(=O)CCCO[N+](=O)[O-])[C@H](O)C[C@@H]1O. The first kappa shape index (κ1) is 32.2. The zero-order chi connectivity index (χ0) is 28.5. The van der Waals surface area contributed by atoms with E-state index in [4.69, 9.17) is 4.74 Å². The first-order valence-corrected chi connectivity index (χ1v) is 14.1. The summed E-state index contributed by atoms with van der Waals surface area (Å²) in [6.45, 7) is 2.36. The number of hydrogen-bond donors (Lipinski definition) is 3. The van der Waals surface area contributed by atoms with Gasteiger partial charge in [0.25, 0.3) is 5.09 Å². The lowest BCUT2D eigenvalue weighted by atomic mass is 9.85. The van der Waals surface area contributed by atoms with Crippen LogP contribution in [0.2, 0.25) is 0 Å². The van der Waals surface area contributed by atoms with E-state index in [9.17, 15) is 29.9 Å². The maximum Gasteiger partial charge on any atom is 0.306 e. The van der Waals surface area contributed by atoms with Crippen molar-refractivity contribution >= 4 is 11.9 Å². The highest BCUT2D eigenvalue weighted by atomic mass is 16.9. The molecule has 0 heterocycles. The van der Waals surface area contributed by atoms with Gasteiger partial charge in [-0.3, -0.25) is 9.59 Å². The molecule has 218 valence electrons. The Labute approximate surface area is 230 Å². The van der Waals surface area contributed by atoms with Crippen LogP contribution in [-0.2, 0) is 25.6 Å². The fourth-order valence-electron chi connectivity index (χ4n) is 5.16. The minimum Gasteiger partial charge on any atom is -0.462 e. The topological polar surface area (TPSA) is 148 Å². The van der Waals surface area contributed by atoms with E-state index >= 15 is 0 Å². The van der Waals surface area contributed by atoms with Crippen LogP contribution in [0.5, 0.6) is 0 Å². The Hall–Kier alpha value is -2.98. The molecular formula is C29H44N2O8. The number of hydrogen-bond acceptors (Lipinski definition) is 8. The van der Waals surface area contributed by atoms with E-state index in [0.717, 1.165) is 24.8 Å². The molecule has 0 aliphatic heterocycles. The van der Waals surface area contributed by atoms with Gasteiger partial charge in [0.2, 0.25) is 5.91 Å². The number of aryl methyl sites for hydroxylation is 1. The van der Waals surface area contributed by atoms with Crippen LogP contribution in [-0.4, -0.2) is 58.6 Å². The Kier molecular flexibility index (Phi) is 15.2. The number of allylic oxidation sites excluding steroid dienone is 2. The number of ether oxygens (including phenoxy) is 1. The van der Waals surface area contributed by atoms with Gasteiger partial charge in [0, 0.05) is 19.4 Å². The van der Waals surface area contributed by atoms with Crippen LogP contribution in [0.25, 0.3) is 0 Å². The molecule has 2 rings (SSSR count). The van der Waals surface area contributed by atoms with E-state index in [2.05, 4.69) is 10.2 Å². The summed E-state index contributed by atoms with van der Waals surface area (Å²) in [5, 5.41) is 33.5. The molecule has 5 atom stereocenters. The molecule has 0 spiro atoms. The van der Waals surface area contributed by atoms with Crippen molar-refractivity contribution in [3.8, 4) is 0 Å². The lowest BCUT2D eigenvalue weighted by molar-refractivity contribution is -0.757. The minimum absolute atomic E-state index is 0.0218. The van der Waals surface area contributed by atoms with Gasteiger partial charge >= 0.3 is 5.97 Å². The molecule has 1 aliphatic rings. The summed E-state index contributed by atoms with van der Waals surface area (Å²) in [5.41, 5.74) is 1.13. The number of carbonyl (C=O) groups is 2. The smallest absolute Gasteiger partial charge is 0.306 e. The number of rotatable bonds is 19. The van der Waals surface area contributed by atoms with Crippen molar-refractivity contribution in [1.82, 2.24) is 5.32 Å². The fraction of sp³-hybridized carbons (Fsp3) is 0.655. The Balaban J connectivity index is 1.89. The molecule has 10 heteroatoms. The number of aliphatic hydroxyl groups excluding tert-OH is 2. The number of nitrogens with one attached hydrogen (secondary N) is 1. The number of amides is 1. The normalized spacial score (nSPS) is 21.5. The maximum atomic E-state index is 12.4. The zero-order valence-electron chi connectivity index (χ0n) is 22.9. The molecule has 39 heavy (non-hydrogen) atoms. The standard InChI is InChI=1S/C29H44N2O8/c1-2-30-28(34)14-9-4-3-8-13-24-25(27(33)21-26(24)32)19-18-23(17-16-22-11-6-5-7-12-22)39-29(35)15-10-20-38-31(36)37/h3,5-8,11-12,23-27,32-33H,2,4,9-10,13-21H2,1H3,(H,30,34)/b8-3-/t23-,24+,25+,26-,27+/m0/s1. The Morgan fingerprint density at radius 2 is 1.85 bits per heavy atom. The van der Waals surface area contributed by atoms with Crippen molar-refractivity contribution < 1.29 is 34.5 Å². The molecule has 1 saturated carbocycles. The highest BCUT2D eigenvalue weighted by Crippen LogP contribution is 2.38.